The molecule has 1 atom stereocenters. The molecule has 8 nitrogen and oxygen atoms in total. The van der Waals surface area contributed by atoms with Crippen molar-refractivity contribution in [3.63, 3.8) is 0 Å². The van der Waals surface area contributed by atoms with Gasteiger partial charge in [0.1, 0.15) is 17.3 Å². The largest absolute Gasteiger partial charge is 0.465 e. The second-order valence-corrected chi connectivity index (χ2v) is 8.39. The third-order valence-corrected chi connectivity index (χ3v) is 5.80. The van der Waals surface area contributed by atoms with Crippen molar-refractivity contribution in [1.82, 2.24) is 4.98 Å². The van der Waals surface area contributed by atoms with Gasteiger partial charge < -0.3 is 20.9 Å². The number of ether oxygens (including phenoxy) is 1. The topological polar surface area (TPSA) is 127 Å². The molecule has 3 aromatic rings. The predicted molar refractivity (Wildman–Crippen MR) is 126 cm³/mol. The number of aryl methyl sites for hydroxylation is 1. The molecule has 5 N–H and O–H groups in total. The van der Waals surface area contributed by atoms with E-state index in [0.29, 0.717) is 30.8 Å². The zero-order valence-corrected chi connectivity index (χ0v) is 18.9. The monoisotopic (exact) mass is 500 g/mol. The number of nitrogens with zero attached hydrogens (tertiary/aromatic N) is 1. The summed E-state index contributed by atoms with van der Waals surface area (Å²) in [6, 6.07) is 11.8. The van der Waals surface area contributed by atoms with Crippen molar-refractivity contribution in [3.8, 4) is 11.5 Å². The Labute approximate surface area is 204 Å². The minimum atomic E-state index is -4.55. The van der Waals surface area contributed by atoms with Crippen LogP contribution in [0.2, 0.25) is 0 Å². The number of nitrogens with two attached hydrogens (primary N) is 1. The Balaban J connectivity index is 1.47. The summed E-state index contributed by atoms with van der Waals surface area (Å²) in [5, 5.41) is 13.6. The van der Waals surface area contributed by atoms with Crippen LogP contribution in [0, 0.1) is 5.92 Å². The minimum Gasteiger partial charge on any atom is -0.465 e. The van der Waals surface area contributed by atoms with E-state index in [2.05, 4.69) is 15.6 Å². The highest BCUT2D eigenvalue weighted by Gasteiger charge is 2.32. The first-order valence-electron chi connectivity index (χ1n) is 11.1. The molecule has 0 aliphatic heterocycles. The Morgan fingerprint density at radius 1 is 1.06 bits per heavy atom. The van der Waals surface area contributed by atoms with E-state index in [4.69, 9.17) is 15.6 Å². The number of carboxylic acid groups (broad SMARTS) is 1. The van der Waals surface area contributed by atoms with Gasteiger partial charge in [0.05, 0.1) is 5.56 Å². The number of carbonyl (C=O) groups excluding carboxylic acids is 1. The molecule has 0 radical (unpaired) electrons. The number of pyridine rings is 1. The van der Waals surface area contributed by atoms with Crippen LogP contribution >= 0.6 is 0 Å². The summed E-state index contributed by atoms with van der Waals surface area (Å²) in [7, 11) is 0. The number of rotatable bonds is 6. The number of benzene rings is 2. The van der Waals surface area contributed by atoms with Crippen molar-refractivity contribution in [2.24, 2.45) is 11.7 Å². The Hall–Kier alpha value is -4.12. The van der Waals surface area contributed by atoms with Crippen LogP contribution in [0.25, 0.3) is 0 Å². The van der Waals surface area contributed by atoms with E-state index in [9.17, 15) is 22.8 Å². The lowest BCUT2D eigenvalue weighted by Gasteiger charge is -2.25. The normalized spacial score (nSPS) is 15.1. The summed E-state index contributed by atoms with van der Waals surface area (Å²) in [6.07, 6.45) is -2.82. The highest BCUT2D eigenvalue weighted by atomic mass is 19.4. The fourth-order valence-corrected chi connectivity index (χ4v) is 4.10. The van der Waals surface area contributed by atoms with E-state index < -0.39 is 23.8 Å². The molecule has 2 amide bonds. The first-order chi connectivity index (χ1) is 17.1. The molecule has 0 unspecified atom stereocenters. The van der Waals surface area contributed by atoms with Gasteiger partial charge in [-0.15, -0.1) is 0 Å². The van der Waals surface area contributed by atoms with Gasteiger partial charge in [-0.25, -0.2) is 9.78 Å². The van der Waals surface area contributed by atoms with Crippen LogP contribution in [-0.2, 0) is 30.4 Å². The molecule has 1 aromatic heterocycles. The molecule has 4 rings (SSSR count). The lowest BCUT2D eigenvalue weighted by atomic mass is 9.83. The van der Waals surface area contributed by atoms with Crippen LogP contribution < -0.4 is 21.1 Å². The number of halogens is 3. The number of nitrogens with one attached hydrogen (secondary N) is 2. The van der Waals surface area contributed by atoms with E-state index in [1.165, 1.54) is 18.3 Å². The number of hydrogen-bond acceptors (Lipinski definition) is 5. The zero-order valence-electron chi connectivity index (χ0n) is 18.9. The van der Waals surface area contributed by atoms with Gasteiger partial charge in [0, 0.05) is 30.4 Å². The van der Waals surface area contributed by atoms with E-state index >= 15 is 0 Å². The third-order valence-electron chi connectivity index (χ3n) is 5.80. The highest BCUT2D eigenvalue weighted by Crippen LogP contribution is 2.34. The maximum absolute atomic E-state index is 13.2. The summed E-state index contributed by atoms with van der Waals surface area (Å²) < 4.78 is 45.5. The van der Waals surface area contributed by atoms with Gasteiger partial charge in [-0.1, -0.05) is 6.07 Å². The van der Waals surface area contributed by atoms with Crippen molar-refractivity contribution in [2.75, 3.05) is 10.6 Å². The van der Waals surface area contributed by atoms with Crippen LogP contribution in [0.1, 0.15) is 28.7 Å². The van der Waals surface area contributed by atoms with Gasteiger partial charge in [0.15, 0.2) is 0 Å². The van der Waals surface area contributed by atoms with Crippen molar-refractivity contribution in [3.05, 3.63) is 77.0 Å². The Morgan fingerprint density at radius 2 is 1.83 bits per heavy atom. The smallest absolute Gasteiger partial charge is 0.416 e. The second kappa shape index (κ2) is 10.2. The fraction of sp³-hybridized carbons (Fsp3) is 0.240. The summed E-state index contributed by atoms with van der Waals surface area (Å²) in [4.78, 5) is 27.6. The maximum Gasteiger partial charge on any atom is 0.416 e. The number of hydrogen-bond donors (Lipinski definition) is 4. The van der Waals surface area contributed by atoms with Gasteiger partial charge in [0.25, 0.3) is 0 Å². The lowest BCUT2D eigenvalue weighted by Crippen LogP contribution is -2.28. The lowest BCUT2D eigenvalue weighted by molar-refractivity contribution is -0.137. The van der Waals surface area contributed by atoms with E-state index in [1.54, 1.807) is 18.2 Å². The van der Waals surface area contributed by atoms with Crippen molar-refractivity contribution in [2.45, 2.75) is 32.0 Å². The van der Waals surface area contributed by atoms with E-state index in [-0.39, 0.29) is 29.5 Å². The molecule has 0 fully saturated rings. The molecule has 0 saturated carbocycles. The number of alkyl halides is 3. The SMILES string of the molecule is NCc1cc(NC(=O)[C@H]2CCc3ccc(Oc4ccnc(NC(=O)O)c4)cc3C2)cc(C(F)(F)F)c1. The molecule has 11 heteroatoms. The van der Waals surface area contributed by atoms with E-state index in [0.717, 1.165) is 23.3 Å². The Bertz CT molecular complexity index is 1300. The van der Waals surface area contributed by atoms with Crippen LogP contribution in [-0.4, -0.2) is 22.1 Å². The van der Waals surface area contributed by atoms with Crippen LogP contribution in [0.4, 0.5) is 29.5 Å². The van der Waals surface area contributed by atoms with Gasteiger partial charge >= 0.3 is 12.3 Å². The number of fused-ring (bicyclic) bond motifs is 1. The molecule has 0 bridgehead atoms. The summed E-state index contributed by atoms with van der Waals surface area (Å²) in [6.45, 7) is -0.0856. The molecule has 36 heavy (non-hydrogen) atoms. The molecule has 1 aliphatic carbocycles. The average molecular weight is 500 g/mol. The Kier molecular flexibility index (Phi) is 7.11. The quantitative estimate of drug-likeness (QED) is 0.369. The minimum absolute atomic E-state index is 0.0571. The molecular formula is C25H23F3N4O4. The molecule has 1 aliphatic rings. The third kappa shape index (κ3) is 6.11. The second-order valence-electron chi connectivity index (χ2n) is 8.39. The first kappa shape index (κ1) is 25.0. The van der Waals surface area contributed by atoms with Gasteiger partial charge in [-0.05, 0) is 72.4 Å². The van der Waals surface area contributed by atoms with Crippen molar-refractivity contribution < 1.29 is 32.6 Å². The van der Waals surface area contributed by atoms with Gasteiger partial charge in [0.2, 0.25) is 5.91 Å². The first-order valence-corrected chi connectivity index (χ1v) is 11.1. The van der Waals surface area contributed by atoms with Gasteiger partial charge in [-0.2, -0.15) is 13.2 Å². The zero-order chi connectivity index (χ0) is 25.9. The molecule has 188 valence electrons. The Morgan fingerprint density at radius 3 is 2.56 bits per heavy atom. The van der Waals surface area contributed by atoms with Crippen LogP contribution in [0.15, 0.2) is 54.7 Å². The molecule has 0 spiro atoms. The summed E-state index contributed by atoms with van der Waals surface area (Å²) in [5.74, 6) is 0.178. The number of carbonyl (C=O) groups is 2. The molecule has 1 heterocycles. The fourth-order valence-electron chi connectivity index (χ4n) is 4.10. The molecular weight excluding hydrogens is 477 g/mol. The van der Waals surface area contributed by atoms with Crippen molar-refractivity contribution >= 4 is 23.5 Å². The number of anilines is 2. The number of aromatic nitrogens is 1. The number of amides is 2. The standard InChI is InChI=1S/C25H23F3N4O4/c26-25(27,28)18-7-14(13-29)8-19(11-18)31-23(33)16-2-1-15-3-4-20(10-17(15)9-16)36-21-5-6-30-22(12-21)32-24(34)35/h3-8,10-12,16H,1-2,9,13,29H2,(H,30,32)(H,31,33)(H,34,35)/t16-/m0/s1. The van der Waals surface area contributed by atoms with Crippen LogP contribution in [0.5, 0.6) is 11.5 Å². The van der Waals surface area contributed by atoms with Crippen molar-refractivity contribution in [1.29, 1.82) is 0 Å². The summed E-state index contributed by atoms with van der Waals surface area (Å²) >= 11 is 0. The molecule has 0 saturated heterocycles. The average Bonchev–Trinajstić information content (AvgIpc) is 2.82. The van der Waals surface area contributed by atoms with E-state index in [1.807, 2.05) is 6.07 Å². The molecule has 2 aromatic carbocycles. The van der Waals surface area contributed by atoms with Crippen LogP contribution in [0.3, 0.4) is 0 Å². The predicted octanol–water partition coefficient (Wildman–Crippen LogP) is 5.18. The highest BCUT2D eigenvalue weighted by molar-refractivity contribution is 5.93. The van der Waals surface area contributed by atoms with Gasteiger partial charge in [-0.3, -0.25) is 10.1 Å². The summed E-state index contributed by atoms with van der Waals surface area (Å²) in [5.41, 5.74) is 6.94. The maximum atomic E-state index is 13.2.